The molecule has 6 nitrogen and oxygen atoms in total. The Morgan fingerprint density at radius 2 is 1.91 bits per heavy atom. The van der Waals surface area contributed by atoms with E-state index in [4.69, 9.17) is 4.74 Å². The first kappa shape index (κ1) is 23.1. The number of hydrogen-bond donors (Lipinski definition) is 1. The molecular formula is C26H30N4O2S. The molecule has 1 heterocycles. The van der Waals surface area contributed by atoms with E-state index in [-0.39, 0.29) is 17.8 Å². The maximum atomic E-state index is 12.6. The second kappa shape index (κ2) is 11.2. The third-order valence-corrected chi connectivity index (χ3v) is 6.87. The van der Waals surface area contributed by atoms with Crippen molar-refractivity contribution < 1.29 is 9.53 Å². The number of carbonyl (C=O) groups excluding carboxylic acids is 1. The summed E-state index contributed by atoms with van der Waals surface area (Å²) in [5.74, 6) is 1.54. The summed E-state index contributed by atoms with van der Waals surface area (Å²) >= 11 is 1.42. The lowest BCUT2D eigenvalue weighted by Gasteiger charge is -2.16. The number of allylic oxidation sites excluding steroid dienone is 1. The van der Waals surface area contributed by atoms with Crippen molar-refractivity contribution in [3.05, 3.63) is 73.1 Å². The molecule has 2 aromatic carbocycles. The maximum absolute atomic E-state index is 12.6. The Bertz CT molecular complexity index is 1080. The van der Waals surface area contributed by atoms with E-state index in [2.05, 4.69) is 34.2 Å². The molecular weight excluding hydrogens is 432 g/mol. The van der Waals surface area contributed by atoms with Crippen molar-refractivity contribution in [3.8, 4) is 16.9 Å². The topological polar surface area (TPSA) is 69.0 Å². The molecule has 1 aromatic heterocycles. The highest BCUT2D eigenvalue weighted by molar-refractivity contribution is 8.00. The first-order valence-corrected chi connectivity index (χ1v) is 12.3. The lowest BCUT2D eigenvalue weighted by molar-refractivity contribution is -0.120. The van der Waals surface area contributed by atoms with Crippen molar-refractivity contribution in [2.24, 2.45) is 0 Å². The summed E-state index contributed by atoms with van der Waals surface area (Å²) in [5.41, 5.74) is 2.12. The largest absolute Gasteiger partial charge is 0.485 e. The number of nitrogens with zero attached hydrogens (tertiary/aromatic N) is 3. The van der Waals surface area contributed by atoms with Crippen LogP contribution in [0.5, 0.6) is 5.75 Å². The van der Waals surface area contributed by atoms with Gasteiger partial charge in [0.15, 0.2) is 11.0 Å². The Morgan fingerprint density at radius 1 is 1.18 bits per heavy atom. The zero-order chi connectivity index (χ0) is 23.0. The fraction of sp³-hybridized carbons (Fsp3) is 0.346. The number of ether oxygens (including phenoxy) is 1. The number of carbonyl (C=O) groups is 1. The Morgan fingerprint density at radius 3 is 2.67 bits per heavy atom. The Kier molecular flexibility index (Phi) is 7.83. The monoisotopic (exact) mass is 462 g/mol. The van der Waals surface area contributed by atoms with Gasteiger partial charge in [0.05, 0.1) is 5.25 Å². The molecule has 1 amide bonds. The van der Waals surface area contributed by atoms with E-state index in [0.717, 1.165) is 29.7 Å². The van der Waals surface area contributed by atoms with Crippen molar-refractivity contribution >= 4 is 17.7 Å². The van der Waals surface area contributed by atoms with Crippen LogP contribution < -0.4 is 10.1 Å². The van der Waals surface area contributed by atoms with Crippen molar-refractivity contribution in [2.45, 2.75) is 62.2 Å². The summed E-state index contributed by atoms with van der Waals surface area (Å²) in [7, 11) is 0. The fourth-order valence-corrected chi connectivity index (χ4v) is 4.90. The van der Waals surface area contributed by atoms with Crippen LogP contribution in [0.1, 0.15) is 38.4 Å². The van der Waals surface area contributed by atoms with Gasteiger partial charge in [-0.3, -0.25) is 9.36 Å². The Hall–Kier alpha value is -3.06. The molecule has 0 aliphatic heterocycles. The molecule has 1 atom stereocenters. The summed E-state index contributed by atoms with van der Waals surface area (Å²) in [6.07, 6.45) is 6.33. The number of amides is 1. The average molecular weight is 463 g/mol. The second-order valence-corrected chi connectivity index (χ2v) is 9.51. The predicted octanol–water partition coefficient (Wildman–Crippen LogP) is 5.25. The molecule has 4 rings (SSSR count). The number of thioether (sulfide) groups is 1. The van der Waals surface area contributed by atoms with E-state index >= 15 is 0 Å². The van der Waals surface area contributed by atoms with E-state index in [0.29, 0.717) is 23.6 Å². The molecule has 3 aromatic rings. The Balaban J connectivity index is 1.45. The number of nitrogens with one attached hydrogen (secondary N) is 1. The summed E-state index contributed by atoms with van der Waals surface area (Å²) in [4.78, 5) is 12.6. The van der Waals surface area contributed by atoms with Crippen molar-refractivity contribution in [1.29, 1.82) is 0 Å². The quantitative estimate of drug-likeness (QED) is 0.329. The first-order chi connectivity index (χ1) is 16.2. The highest BCUT2D eigenvalue weighted by atomic mass is 32.2. The van der Waals surface area contributed by atoms with E-state index in [1.165, 1.54) is 24.6 Å². The molecule has 1 fully saturated rings. The molecule has 1 aliphatic carbocycles. The molecule has 0 bridgehead atoms. The van der Waals surface area contributed by atoms with Gasteiger partial charge in [-0.15, -0.1) is 16.8 Å². The van der Waals surface area contributed by atoms with Crippen LogP contribution in [0.2, 0.25) is 0 Å². The minimum Gasteiger partial charge on any atom is -0.485 e. The molecule has 1 N–H and O–H groups in total. The smallest absolute Gasteiger partial charge is 0.233 e. The molecule has 1 aliphatic rings. The van der Waals surface area contributed by atoms with Gasteiger partial charge in [0.1, 0.15) is 12.4 Å². The molecule has 0 saturated heterocycles. The average Bonchev–Trinajstić information content (AvgIpc) is 3.49. The third-order valence-electron chi connectivity index (χ3n) is 5.79. The van der Waals surface area contributed by atoms with Gasteiger partial charge in [-0.1, -0.05) is 79.2 Å². The lowest BCUT2D eigenvalue weighted by atomic mass is 10.1. The van der Waals surface area contributed by atoms with Crippen LogP contribution >= 0.6 is 11.8 Å². The Labute approximate surface area is 199 Å². The van der Waals surface area contributed by atoms with Gasteiger partial charge in [-0.05, 0) is 31.4 Å². The fourth-order valence-electron chi connectivity index (χ4n) is 4.02. The van der Waals surface area contributed by atoms with Crippen LogP contribution in [0.25, 0.3) is 11.1 Å². The number of benzene rings is 2. The standard InChI is InChI=1S/C26H30N4O2S/c1-3-17-30-24(18-32-23-16-10-9-15-22(23)20-11-5-4-6-12-20)28-29-26(30)33-19(2)25(31)27-21-13-7-8-14-21/h3-6,9-12,15-16,19,21H,1,7-8,13-14,17-18H2,2H3,(H,27,31). The highest BCUT2D eigenvalue weighted by Crippen LogP contribution is 2.30. The summed E-state index contributed by atoms with van der Waals surface area (Å²) in [6.45, 7) is 6.60. The minimum atomic E-state index is -0.258. The van der Waals surface area contributed by atoms with Crippen molar-refractivity contribution in [2.75, 3.05) is 0 Å². The van der Waals surface area contributed by atoms with Gasteiger partial charge < -0.3 is 10.1 Å². The minimum absolute atomic E-state index is 0.0506. The molecule has 0 radical (unpaired) electrons. The summed E-state index contributed by atoms with van der Waals surface area (Å²) < 4.78 is 8.13. The summed E-state index contributed by atoms with van der Waals surface area (Å²) in [5, 5.41) is 12.3. The summed E-state index contributed by atoms with van der Waals surface area (Å²) in [6, 6.07) is 18.4. The van der Waals surface area contributed by atoms with Gasteiger partial charge >= 0.3 is 0 Å². The van der Waals surface area contributed by atoms with Gasteiger partial charge in [-0.25, -0.2) is 0 Å². The number of rotatable bonds is 10. The van der Waals surface area contributed by atoms with Crippen LogP contribution in [0.15, 0.2) is 72.4 Å². The first-order valence-electron chi connectivity index (χ1n) is 11.4. The number of para-hydroxylation sites is 1. The highest BCUT2D eigenvalue weighted by Gasteiger charge is 2.24. The van der Waals surface area contributed by atoms with Crippen LogP contribution in [0.3, 0.4) is 0 Å². The molecule has 1 saturated carbocycles. The van der Waals surface area contributed by atoms with Gasteiger partial charge in [0.25, 0.3) is 0 Å². The van der Waals surface area contributed by atoms with Crippen molar-refractivity contribution in [3.63, 3.8) is 0 Å². The van der Waals surface area contributed by atoms with Crippen LogP contribution in [-0.2, 0) is 17.9 Å². The molecule has 1 unspecified atom stereocenters. The third kappa shape index (κ3) is 5.85. The van der Waals surface area contributed by atoms with Crippen LogP contribution in [0.4, 0.5) is 0 Å². The number of aromatic nitrogens is 3. The van der Waals surface area contributed by atoms with E-state index < -0.39 is 0 Å². The normalized spacial score (nSPS) is 14.7. The second-order valence-electron chi connectivity index (χ2n) is 8.20. The van der Waals surface area contributed by atoms with Gasteiger partial charge in [0.2, 0.25) is 5.91 Å². The van der Waals surface area contributed by atoms with E-state index in [1.54, 1.807) is 6.08 Å². The zero-order valence-electron chi connectivity index (χ0n) is 18.9. The van der Waals surface area contributed by atoms with Gasteiger partial charge in [-0.2, -0.15) is 0 Å². The van der Waals surface area contributed by atoms with Crippen molar-refractivity contribution in [1.82, 2.24) is 20.1 Å². The molecule has 7 heteroatoms. The SMILES string of the molecule is C=CCn1c(COc2ccccc2-c2ccccc2)nnc1SC(C)C(=O)NC1CCCC1. The van der Waals surface area contributed by atoms with E-state index in [9.17, 15) is 4.79 Å². The number of hydrogen-bond acceptors (Lipinski definition) is 5. The maximum Gasteiger partial charge on any atom is 0.233 e. The molecule has 33 heavy (non-hydrogen) atoms. The van der Waals surface area contributed by atoms with Crippen LogP contribution in [-0.4, -0.2) is 32.0 Å². The molecule has 0 spiro atoms. The van der Waals surface area contributed by atoms with E-state index in [1.807, 2.05) is 54.0 Å². The molecule has 172 valence electrons. The van der Waals surface area contributed by atoms with Crippen LogP contribution in [0, 0.1) is 0 Å². The lowest BCUT2D eigenvalue weighted by Crippen LogP contribution is -2.37. The van der Waals surface area contributed by atoms with Gasteiger partial charge in [0, 0.05) is 18.2 Å². The zero-order valence-corrected chi connectivity index (χ0v) is 19.8. The predicted molar refractivity (Wildman–Crippen MR) is 132 cm³/mol.